The van der Waals surface area contributed by atoms with E-state index in [9.17, 15) is 4.79 Å². The summed E-state index contributed by atoms with van der Waals surface area (Å²) in [7, 11) is 0. The highest BCUT2D eigenvalue weighted by molar-refractivity contribution is 5.94. The van der Waals surface area contributed by atoms with Crippen molar-refractivity contribution in [3.63, 3.8) is 0 Å². The number of aryl methyl sites for hydroxylation is 1. The van der Waals surface area contributed by atoms with Crippen LogP contribution in [0.1, 0.15) is 30.0 Å². The Labute approximate surface area is 94.7 Å². The van der Waals surface area contributed by atoms with Gasteiger partial charge in [-0.25, -0.2) is 4.98 Å². The number of rotatable bonds is 3. The van der Waals surface area contributed by atoms with E-state index in [-0.39, 0.29) is 5.78 Å². The fourth-order valence-electron chi connectivity index (χ4n) is 1.71. The van der Waals surface area contributed by atoms with Crippen molar-refractivity contribution in [2.24, 2.45) is 0 Å². The number of nitrogens with zero attached hydrogens (tertiary/aromatic N) is 2. The number of hydrogen-bond donors (Lipinski definition) is 0. The summed E-state index contributed by atoms with van der Waals surface area (Å²) in [6, 6.07) is 7.59. The third-order valence-corrected chi connectivity index (χ3v) is 2.56. The fourth-order valence-corrected chi connectivity index (χ4v) is 1.71. The predicted octanol–water partition coefficient (Wildman–Crippen LogP) is 2.64. The highest BCUT2D eigenvalue weighted by atomic mass is 16.1. The topological polar surface area (TPSA) is 34.9 Å². The molecule has 0 aliphatic heterocycles. The monoisotopic (exact) mass is 214 g/mol. The van der Waals surface area contributed by atoms with Gasteiger partial charge in [0.25, 0.3) is 0 Å². The molecule has 0 amide bonds. The number of carbonyl (C=O) groups excluding carboxylic acids is 1. The molecular weight excluding hydrogens is 200 g/mol. The minimum atomic E-state index is 0.0833. The van der Waals surface area contributed by atoms with E-state index in [1.54, 1.807) is 13.1 Å². The lowest BCUT2D eigenvalue weighted by Crippen LogP contribution is -2.01. The molecule has 1 aromatic heterocycles. The molecule has 0 fully saturated rings. The van der Waals surface area contributed by atoms with Crippen molar-refractivity contribution in [3.8, 4) is 5.69 Å². The summed E-state index contributed by atoms with van der Waals surface area (Å²) >= 11 is 0. The van der Waals surface area contributed by atoms with Gasteiger partial charge in [0.1, 0.15) is 5.82 Å². The molecule has 16 heavy (non-hydrogen) atoms. The van der Waals surface area contributed by atoms with Gasteiger partial charge in [-0.1, -0.05) is 19.1 Å². The van der Waals surface area contributed by atoms with Crippen LogP contribution in [0, 0.1) is 0 Å². The van der Waals surface area contributed by atoms with Crippen LogP contribution in [0.25, 0.3) is 5.69 Å². The number of aromatic nitrogens is 2. The van der Waals surface area contributed by atoms with Crippen LogP contribution in [-0.4, -0.2) is 15.3 Å². The molecular formula is C13H14N2O. The summed E-state index contributed by atoms with van der Waals surface area (Å²) < 4.78 is 2.01. The van der Waals surface area contributed by atoms with Crippen LogP contribution in [0.2, 0.25) is 0 Å². The largest absolute Gasteiger partial charge is 0.304 e. The fraction of sp³-hybridized carbons (Fsp3) is 0.231. The average molecular weight is 214 g/mol. The lowest BCUT2D eigenvalue weighted by atomic mass is 10.1. The first-order valence-electron chi connectivity index (χ1n) is 5.36. The molecule has 1 heterocycles. The summed E-state index contributed by atoms with van der Waals surface area (Å²) in [5, 5.41) is 0. The number of Topliss-reactive ketones (excluding diaryl/α,β-unsaturated/α-hetero) is 1. The van der Waals surface area contributed by atoms with Crippen molar-refractivity contribution in [1.82, 2.24) is 9.55 Å². The minimum Gasteiger partial charge on any atom is -0.304 e. The third kappa shape index (κ3) is 1.89. The molecule has 82 valence electrons. The quantitative estimate of drug-likeness (QED) is 0.736. The van der Waals surface area contributed by atoms with Crippen molar-refractivity contribution in [2.45, 2.75) is 20.3 Å². The maximum absolute atomic E-state index is 11.3. The molecule has 0 saturated carbocycles. The molecule has 1 aromatic carbocycles. The Hall–Kier alpha value is -1.90. The second-order valence-corrected chi connectivity index (χ2v) is 3.67. The minimum absolute atomic E-state index is 0.0833. The van der Waals surface area contributed by atoms with Gasteiger partial charge >= 0.3 is 0 Å². The summed E-state index contributed by atoms with van der Waals surface area (Å²) in [5.41, 5.74) is 1.72. The molecule has 0 spiro atoms. The van der Waals surface area contributed by atoms with Gasteiger partial charge in [-0.3, -0.25) is 4.79 Å². The summed E-state index contributed by atoms with van der Waals surface area (Å²) in [6.45, 7) is 3.64. The predicted molar refractivity (Wildman–Crippen MR) is 62.9 cm³/mol. The molecule has 0 unspecified atom stereocenters. The third-order valence-electron chi connectivity index (χ3n) is 2.56. The van der Waals surface area contributed by atoms with Crippen LogP contribution in [0.15, 0.2) is 36.7 Å². The molecule has 0 bridgehead atoms. The van der Waals surface area contributed by atoms with E-state index in [1.807, 2.05) is 35.0 Å². The highest BCUT2D eigenvalue weighted by Gasteiger charge is 2.05. The molecule has 2 aromatic rings. The second-order valence-electron chi connectivity index (χ2n) is 3.67. The number of benzene rings is 1. The zero-order chi connectivity index (χ0) is 11.5. The Morgan fingerprint density at radius 2 is 2.25 bits per heavy atom. The van der Waals surface area contributed by atoms with Gasteiger partial charge in [0.05, 0.1) is 0 Å². The first-order valence-corrected chi connectivity index (χ1v) is 5.36. The lowest BCUT2D eigenvalue weighted by molar-refractivity contribution is 0.101. The Morgan fingerprint density at radius 3 is 2.94 bits per heavy atom. The van der Waals surface area contributed by atoms with Gasteiger partial charge in [0.2, 0.25) is 0 Å². The molecule has 3 heteroatoms. The smallest absolute Gasteiger partial charge is 0.159 e. The molecule has 0 saturated heterocycles. The zero-order valence-electron chi connectivity index (χ0n) is 9.47. The van der Waals surface area contributed by atoms with E-state index < -0.39 is 0 Å². The molecule has 0 aliphatic rings. The van der Waals surface area contributed by atoms with Crippen LogP contribution in [0.4, 0.5) is 0 Å². The first kappa shape index (κ1) is 10.6. The maximum atomic E-state index is 11.3. The van der Waals surface area contributed by atoms with Gasteiger partial charge < -0.3 is 4.57 Å². The van der Waals surface area contributed by atoms with Crippen molar-refractivity contribution in [2.75, 3.05) is 0 Å². The van der Waals surface area contributed by atoms with Crippen molar-refractivity contribution in [3.05, 3.63) is 48.0 Å². The number of hydrogen-bond acceptors (Lipinski definition) is 2. The normalized spacial score (nSPS) is 10.4. The molecule has 3 nitrogen and oxygen atoms in total. The van der Waals surface area contributed by atoms with Gasteiger partial charge in [0, 0.05) is 30.1 Å². The standard InChI is InChI=1S/C13H14N2O/c1-3-13-14-7-8-15(13)12-6-4-5-11(9-12)10(2)16/h4-9H,3H2,1-2H3. The van der Waals surface area contributed by atoms with Crippen LogP contribution in [-0.2, 0) is 6.42 Å². The van der Waals surface area contributed by atoms with E-state index >= 15 is 0 Å². The van der Waals surface area contributed by atoms with E-state index in [4.69, 9.17) is 0 Å². The van der Waals surface area contributed by atoms with Crippen molar-refractivity contribution < 1.29 is 4.79 Å². The number of carbonyl (C=O) groups is 1. The average Bonchev–Trinajstić information content (AvgIpc) is 2.77. The highest BCUT2D eigenvalue weighted by Crippen LogP contribution is 2.13. The van der Waals surface area contributed by atoms with Crippen LogP contribution < -0.4 is 0 Å². The summed E-state index contributed by atoms with van der Waals surface area (Å²) in [6.07, 6.45) is 4.56. The van der Waals surface area contributed by atoms with Crippen molar-refractivity contribution in [1.29, 1.82) is 0 Å². The lowest BCUT2D eigenvalue weighted by Gasteiger charge is -2.07. The van der Waals surface area contributed by atoms with E-state index in [1.165, 1.54) is 0 Å². The van der Waals surface area contributed by atoms with Crippen LogP contribution >= 0.6 is 0 Å². The SMILES string of the molecule is CCc1nccn1-c1cccc(C(C)=O)c1. The molecule has 0 aliphatic carbocycles. The molecule has 0 N–H and O–H groups in total. The molecule has 0 atom stereocenters. The summed E-state index contributed by atoms with van der Waals surface area (Å²) in [4.78, 5) is 15.6. The van der Waals surface area contributed by atoms with Crippen LogP contribution in [0.5, 0.6) is 0 Å². The van der Waals surface area contributed by atoms with Gasteiger partial charge in [-0.15, -0.1) is 0 Å². The van der Waals surface area contributed by atoms with Crippen LogP contribution in [0.3, 0.4) is 0 Å². The van der Waals surface area contributed by atoms with E-state index in [0.29, 0.717) is 0 Å². The Balaban J connectivity index is 2.48. The van der Waals surface area contributed by atoms with E-state index in [0.717, 1.165) is 23.5 Å². The van der Waals surface area contributed by atoms with Crippen molar-refractivity contribution >= 4 is 5.78 Å². The number of ketones is 1. The Morgan fingerprint density at radius 1 is 1.44 bits per heavy atom. The van der Waals surface area contributed by atoms with E-state index in [2.05, 4.69) is 11.9 Å². The van der Waals surface area contributed by atoms with Gasteiger partial charge in [-0.2, -0.15) is 0 Å². The number of imidazole rings is 1. The second kappa shape index (κ2) is 4.31. The zero-order valence-corrected chi connectivity index (χ0v) is 9.47. The van der Waals surface area contributed by atoms with Gasteiger partial charge in [0.15, 0.2) is 5.78 Å². The molecule has 2 rings (SSSR count). The first-order chi connectivity index (χ1) is 7.72. The Bertz CT molecular complexity index is 514. The summed E-state index contributed by atoms with van der Waals surface area (Å²) in [5.74, 6) is 1.08. The maximum Gasteiger partial charge on any atom is 0.159 e. The molecule has 0 radical (unpaired) electrons. The Kier molecular flexibility index (Phi) is 2.86. The van der Waals surface area contributed by atoms with Gasteiger partial charge in [-0.05, 0) is 19.1 Å².